The van der Waals surface area contributed by atoms with E-state index in [0.717, 1.165) is 44.8 Å². The largest absolute Gasteiger partial charge is 0.492 e. The Bertz CT molecular complexity index is 1300. The summed E-state index contributed by atoms with van der Waals surface area (Å²) in [6.07, 6.45) is 3.65. The molecule has 4 aromatic rings. The number of hydrogen-bond donors (Lipinski definition) is 0. The molecule has 31 heavy (non-hydrogen) atoms. The summed E-state index contributed by atoms with van der Waals surface area (Å²) < 4.78 is 14.3. The summed E-state index contributed by atoms with van der Waals surface area (Å²) in [6.45, 7) is 2.54. The number of thiazole rings is 1. The number of hydrogen-bond acceptors (Lipinski definition) is 6. The van der Waals surface area contributed by atoms with Crippen LogP contribution in [0.2, 0.25) is 0 Å². The van der Waals surface area contributed by atoms with Crippen molar-refractivity contribution in [3.8, 4) is 16.9 Å². The Kier molecular flexibility index (Phi) is 4.66. The van der Waals surface area contributed by atoms with Crippen LogP contribution in [0.3, 0.4) is 0 Å². The molecule has 8 heteroatoms. The Morgan fingerprint density at radius 1 is 1.16 bits per heavy atom. The summed E-state index contributed by atoms with van der Waals surface area (Å²) in [7, 11) is 0. The van der Waals surface area contributed by atoms with Gasteiger partial charge in [0.25, 0.3) is 5.69 Å². The monoisotopic (exact) mass is 436 g/mol. The van der Waals surface area contributed by atoms with E-state index in [0.29, 0.717) is 13.2 Å². The Hall–Kier alpha value is -3.39. The van der Waals surface area contributed by atoms with Crippen molar-refractivity contribution in [2.24, 2.45) is 5.41 Å². The van der Waals surface area contributed by atoms with Gasteiger partial charge in [-0.2, -0.15) is 0 Å². The van der Waals surface area contributed by atoms with Gasteiger partial charge < -0.3 is 13.9 Å². The number of carbonyl (C=O) groups is 1. The van der Waals surface area contributed by atoms with Crippen LogP contribution in [0.15, 0.2) is 54.7 Å². The lowest BCUT2D eigenvalue weighted by Gasteiger charge is -2.14. The molecule has 0 bridgehead atoms. The van der Waals surface area contributed by atoms with E-state index < -0.39 is 10.3 Å². The maximum absolute atomic E-state index is 12.1. The highest BCUT2D eigenvalue weighted by molar-refractivity contribution is 7.24. The second-order valence-corrected chi connectivity index (χ2v) is 8.82. The molecular weight excluding hydrogens is 416 g/mol. The minimum Gasteiger partial charge on any atom is -0.492 e. The first-order valence-electron chi connectivity index (χ1n) is 10.1. The molecular formula is C23H20N2O5S. The topological polar surface area (TPSA) is 83.1 Å². The molecule has 0 radical (unpaired) electrons. The molecule has 1 aliphatic rings. The van der Waals surface area contributed by atoms with Crippen LogP contribution in [0.1, 0.15) is 19.8 Å². The summed E-state index contributed by atoms with van der Waals surface area (Å²) >= 11 is 1.65. The van der Waals surface area contributed by atoms with Crippen molar-refractivity contribution in [2.75, 3.05) is 13.2 Å². The molecule has 1 saturated carbocycles. The van der Waals surface area contributed by atoms with Gasteiger partial charge in [0.2, 0.25) is 0 Å². The van der Waals surface area contributed by atoms with E-state index >= 15 is 0 Å². The van der Waals surface area contributed by atoms with Crippen LogP contribution < -0.4 is 4.74 Å². The Balaban J connectivity index is 1.37. The summed E-state index contributed by atoms with van der Waals surface area (Å²) in [5, 5.41) is 10.9. The lowest BCUT2D eigenvalue weighted by atomic mass is 10.1. The molecule has 0 atom stereocenters. The lowest BCUT2D eigenvalue weighted by molar-refractivity contribution is -0.384. The predicted molar refractivity (Wildman–Crippen MR) is 119 cm³/mol. The molecule has 0 unspecified atom stereocenters. The third-order valence-electron chi connectivity index (χ3n) is 5.68. The Morgan fingerprint density at radius 3 is 2.61 bits per heavy atom. The maximum atomic E-state index is 12.1. The van der Waals surface area contributed by atoms with Crippen LogP contribution in [0.4, 0.5) is 5.69 Å². The SMILES string of the molecule is CCOC(=O)C1(COc2ccc3c(c2)sc2cc(-c4ccc([N+](=O)[O-])cc4)cn23)CC1. The van der Waals surface area contributed by atoms with E-state index in [2.05, 4.69) is 10.5 Å². The van der Waals surface area contributed by atoms with Crippen molar-refractivity contribution in [3.63, 3.8) is 0 Å². The molecule has 0 N–H and O–H groups in total. The fourth-order valence-electron chi connectivity index (χ4n) is 3.68. The van der Waals surface area contributed by atoms with Crippen LogP contribution in [0, 0.1) is 15.5 Å². The van der Waals surface area contributed by atoms with Gasteiger partial charge in [0.15, 0.2) is 0 Å². The molecule has 1 aliphatic carbocycles. The number of ether oxygens (including phenoxy) is 2. The maximum Gasteiger partial charge on any atom is 0.315 e. The van der Waals surface area contributed by atoms with E-state index in [1.807, 2.05) is 31.3 Å². The number of nitrogens with zero attached hydrogens (tertiary/aromatic N) is 2. The Labute approximate surface area is 182 Å². The van der Waals surface area contributed by atoms with E-state index in [4.69, 9.17) is 9.47 Å². The van der Waals surface area contributed by atoms with E-state index in [9.17, 15) is 14.9 Å². The number of aromatic nitrogens is 1. The minimum absolute atomic E-state index is 0.0821. The van der Waals surface area contributed by atoms with E-state index in [1.165, 1.54) is 12.1 Å². The first-order chi connectivity index (χ1) is 15.0. The number of esters is 1. The summed E-state index contributed by atoms with van der Waals surface area (Å²) in [4.78, 5) is 23.6. The quantitative estimate of drug-likeness (QED) is 0.218. The normalized spacial score (nSPS) is 14.6. The number of carbonyl (C=O) groups excluding carboxylic acids is 1. The number of non-ortho nitro benzene ring substituents is 1. The highest BCUT2D eigenvalue weighted by Gasteiger charge is 2.52. The molecule has 0 saturated heterocycles. The van der Waals surface area contributed by atoms with Crippen molar-refractivity contribution >= 4 is 38.0 Å². The molecule has 2 heterocycles. The van der Waals surface area contributed by atoms with Crippen molar-refractivity contribution in [1.82, 2.24) is 4.40 Å². The first kappa shape index (κ1) is 19.6. The van der Waals surface area contributed by atoms with Crippen molar-refractivity contribution in [2.45, 2.75) is 19.8 Å². The van der Waals surface area contributed by atoms with Crippen LogP contribution in [-0.4, -0.2) is 28.5 Å². The number of rotatable bonds is 7. The van der Waals surface area contributed by atoms with Crippen LogP contribution in [-0.2, 0) is 9.53 Å². The summed E-state index contributed by atoms with van der Waals surface area (Å²) in [5.74, 6) is 0.573. The van der Waals surface area contributed by atoms with Gasteiger partial charge in [0.05, 0.1) is 21.7 Å². The van der Waals surface area contributed by atoms with Crippen LogP contribution in [0.25, 0.3) is 26.2 Å². The van der Waals surface area contributed by atoms with Gasteiger partial charge >= 0.3 is 5.97 Å². The highest BCUT2D eigenvalue weighted by Crippen LogP contribution is 2.47. The van der Waals surface area contributed by atoms with Crippen molar-refractivity contribution in [3.05, 3.63) is 64.8 Å². The number of nitro benzene ring substituents is 1. The Morgan fingerprint density at radius 2 is 1.94 bits per heavy atom. The van der Waals surface area contributed by atoms with Gasteiger partial charge in [-0.25, -0.2) is 0 Å². The zero-order valence-electron chi connectivity index (χ0n) is 16.9. The molecule has 7 nitrogen and oxygen atoms in total. The van der Waals surface area contributed by atoms with Crippen molar-refractivity contribution in [1.29, 1.82) is 0 Å². The summed E-state index contributed by atoms with van der Waals surface area (Å²) in [6, 6.07) is 14.6. The molecule has 1 fully saturated rings. The molecule has 2 aromatic heterocycles. The van der Waals surface area contributed by atoms with E-state index in [-0.39, 0.29) is 11.7 Å². The number of nitro groups is 1. The van der Waals surface area contributed by atoms with Gasteiger partial charge in [-0.3, -0.25) is 14.9 Å². The molecule has 0 aliphatic heterocycles. The lowest BCUT2D eigenvalue weighted by Crippen LogP contribution is -2.25. The fraction of sp³-hybridized carbons (Fsp3) is 0.261. The zero-order chi connectivity index (χ0) is 21.6. The smallest absolute Gasteiger partial charge is 0.315 e. The van der Waals surface area contributed by atoms with Gasteiger partial charge in [0.1, 0.15) is 22.6 Å². The third-order valence-corrected chi connectivity index (χ3v) is 6.75. The van der Waals surface area contributed by atoms with Gasteiger partial charge in [-0.05, 0) is 61.7 Å². The molecule has 0 spiro atoms. The molecule has 158 valence electrons. The third kappa shape index (κ3) is 3.53. The van der Waals surface area contributed by atoms with Crippen molar-refractivity contribution < 1.29 is 19.2 Å². The number of fused-ring (bicyclic) bond motifs is 3. The average Bonchev–Trinajstić information content (AvgIpc) is 3.34. The second kappa shape index (κ2) is 7.39. The van der Waals surface area contributed by atoms with Crippen LogP contribution in [0.5, 0.6) is 5.75 Å². The fourth-order valence-corrected chi connectivity index (χ4v) is 4.79. The molecule has 2 aromatic carbocycles. The van der Waals surface area contributed by atoms with Crippen LogP contribution >= 0.6 is 11.3 Å². The van der Waals surface area contributed by atoms with Gasteiger partial charge in [0, 0.05) is 23.9 Å². The standard InChI is InChI=1S/C23H20N2O5S/c1-2-29-22(26)23(9-10-23)14-30-18-7-8-19-20(12-18)31-21-11-16(13-24(19)21)15-3-5-17(6-4-15)25(27)28/h3-8,11-13H,2,9-10,14H2,1H3. The van der Waals surface area contributed by atoms with Gasteiger partial charge in [-0.1, -0.05) is 0 Å². The second-order valence-electron chi connectivity index (χ2n) is 7.76. The van der Waals surface area contributed by atoms with E-state index in [1.54, 1.807) is 23.5 Å². The first-order valence-corrected chi connectivity index (χ1v) is 10.9. The highest BCUT2D eigenvalue weighted by atomic mass is 32.1. The molecule has 0 amide bonds. The minimum atomic E-state index is -0.479. The number of benzene rings is 2. The predicted octanol–water partition coefficient (Wildman–Crippen LogP) is 5.45. The molecule has 5 rings (SSSR count). The average molecular weight is 436 g/mol. The van der Waals surface area contributed by atoms with Gasteiger partial charge in [-0.15, -0.1) is 11.3 Å². The summed E-state index contributed by atoms with van der Waals surface area (Å²) in [5.41, 5.74) is 2.61. The zero-order valence-corrected chi connectivity index (χ0v) is 17.7.